The summed E-state index contributed by atoms with van der Waals surface area (Å²) in [4.78, 5) is 16.2. The van der Waals surface area contributed by atoms with Crippen LogP contribution in [-0.4, -0.2) is 0 Å². The quantitative estimate of drug-likeness (QED) is 0.621. The van der Waals surface area contributed by atoms with Crippen LogP contribution >= 0.6 is 0 Å². The van der Waals surface area contributed by atoms with E-state index in [1.807, 2.05) is 18.2 Å². The predicted octanol–water partition coefficient (Wildman–Crippen LogP) is 4.99. The van der Waals surface area contributed by atoms with Gasteiger partial charge in [-0.1, -0.05) is 39.8 Å². The highest BCUT2D eigenvalue weighted by Gasteiger charge is 2.56. The Morgan fingerprint density at radius 3 is 2.00 bits per heavy atom. The first-order chi connectivity index (χ1) is 11.7. The van der Waals surface area contributed by atoms with Crippen molar-refractivity contribution in [2.24, 2.45) is 11.1 Å². The largest absolute Gasteiger partial charge is 0.412 e. The first-order valence-electron chi connectivity index (χ1n) is 8.74. The molecular formula is C21H24N2O2. The molecule has 2 N–H and O–H groups in total. The number of rotatable bonds is 2. The Kier molecular flexibility index (Phi) is 3.20. The first-order valence-corrected chi connectivity index (χ1v) is 8.74. The minimum atomic E-state index is -0.132. The predicted molar refractivity (Wildman–Crippen MR) is 99.2 cm³/mol. The fourth-order valence-corrected chi connectivity index (χ4v) is 5.45. The van der Waals surface area contributed by atoms with Gasteiger partial charge < -0.3 is 4.84 Å². The Bertz CT molecular complexity index is 881. The van der Waals surface area contributed by atoms with Gasteiger partial charge in [0, 0.05) is 5.41 Å². The molecule has 25 heavy (non-hydrogen) atoms. The van der Waals surface area contributed by atoms with Gasteiger partial charge in [0.05, 0.1) is 0 Å². The van der Waals surface area contributed by atoms with Crippen LogP contribution in [0, 0.1) is 4.91 Å². The van der Waals surface area contributed by atoms with Gasteiger partial charge in [0.1, 0.15) is 11.4 Å². The first kappa shape index (κ1) is 16.3. The Hall–Kier alpha value is -2.20. The van der Waals surface area contributed by atoms with Crippen molar-refractivity contribution in [3.63, 3.8) is 0 Å². The van der Waals surface area contributed by atoms with Crippen LogP contribution in [-0.2, 0) is 16.2 Å². The van der Waals surface area contributed by atoms with Gasteiger partial charge in [-0.3, -0.25) is 0 Å². The zero-order valence-corrected chi connectivity index (χ0v) is 15.2. The maximum absolute atomic E-state index is 11.2. The SMILES string of the molecule is CC1(C)CC2(CC(C)(C)c3ccc(ON)cc32)c2cc(N=O)ccc21. The molecule has 1 unspecified atom stereocenters. The average molecular weight is 336 g/mol. The molecule has 0 aromatic heterocycles. The molecule has 0 amide bonds. The lowest BCUT2D eigenvalue weighted by Crippen LogP contribution is -2.27. The van der Waals surface area contributed by atoms with Crippen LogP contribution in [0.3, 0.4) is 0 Å². The zero-order chi connectivity index (χ0) is 18.0. The molecule has 1 atom stereocenters. The Morgan fingerprint density at radius 2 is 1.44 bits per heavy atom. The van der Waals surface area contributed by atoms with Gasteiger partial charge in [0.15, 0.2) is 0 Å². The third-order valence-corrected chi connectivity index (χ3v) is 6.21. The lowest BCUT2D eigenvalue weighted by molar-refractivity contribution is 0.331. The molecule has 0 heterocycles. The lowest BCUT2D eigenvalue weighted by atomic mass is 9.72. The summed E-state index contributed by atoms with van der Waals surface area (Å²) in [6.45, 7) is 9.14. The average Bonchev–Trinajstić information content (AvgIpc) is 2.94. The van der Waals surface area contributed by atoms with Gasteiger partial charge in [-0.05, 0) is 75.4 Å². The van der Waals surface area contributed by atoms with E-state index in [-0.39, 0.29) is 16.2 Å². The standard InChI is InChI=1S/C21H24N2O2/c1-19(2)11-21(17-9-13(23-24)5-7-15(17)19)12-20(3,4)16-8-6-14(25-22)10-18(16)21/h5-10H,11-12,22H2,1-4H3. The van der Waals surface area contributed by atoms with E-state index in [9.17, 15) is 4.91 Å². The fourth-order valence-electron chi connectivity index (χ4n) is 5.45. The van der Waals surface area contributed by atoms with Gasteiger partial charge in [0.2, 0.25) is 0 Å². The van der Waals surface area contributed by atoms with Crippen LogP contribution in [0.5, 0.6) is 5.75 Å². The molecule has 2 aromatic rings. The molecule has 4 nitrogen and oxygen atoms in total. The van der Waals surface area contributed by atoms with Crippen molar-refractivity contribution in [1.82, 2.24) is 0 Å². The number of hydrogen-bond acceptors (Lipinski definition) is 4. The maximum atomic E-state index is 11.2. The van der Waals surface area contributed by atoms with Crippen LogP contribution in [0.1, 0.15) is 62.8 Å². The monoisotopic (exact) mass is 336 g/mol. The van der Waals surface area contributed by atoms with Crippen LogP contribution in [0.25, 0.3) is 0 Å². The van der Waals surface area contributed by atoms with Crippen molar-refractivity contribution in [3.05, 3.63) is 63.6 Å². The molecule has 2 aromatic carbocycles. The topological polar surface area (TPSA) is 64.7 Å². The summed E-state index contributed by atoms with van der Waals surface area (Å²) in [5.41, 5.74) is 5.59. The minimum absolute atomic E-state index is 0.0357. The van der Waals surface area contributed by atoms with E-state index < -0.39 is 0 Å². The molecule has 0 aliphatic heterocycles. The Balaban J connectivity index is 2.04. The molecule has 2 aliphatic rings. The summed E-state index contributed by atoms with van der Waals surface area (Å²) < 4.78 is 0. The van der Waals surface area contributed by atoms with Crippen molar-refractivity contribution in [1.29, 1.82) is 0 Å². The third kappa shape index (κ3) is 2.10. The molecule has 0 radical (unpaired) electrons. The molecule has 2 aliphatic carbocycles. The van der Waals surface area contributed by atoms with Gasteiger partial charge in [-0.15, -0.1) is 4.91 Å². The van der Waals surface area contributed by atoms with E-state index in [0.29, 0.717) is 11.4 Å². The second-order valence-electron chi connectivity index (χ2n) is 8.85. The van der Waals surface area contributed by atoms with E-state index in [1.54, 1.807) is 0 Å². The summed E-state index contributed by atoms with van der Waals surface area (Å²) in [7, 11) is 0. The van der Waals surface area contributed by atoms with E-state index in [0.717, 1.165) is 12.8 Å². The number of benzene rings is 2. The molecule has 0 saturated carbocycles. The highest BCUT2D eigenvalue weighted by atomic mass is 16.6. The lowest BCUT2D eigenvalue weighted by Gasteiger charge is -2.30. The van der Waals surface area contributed by atoms with Crippen molar-refractivity contribution >= 4 is 5.69 Å². The minimum Gasteiger partial charge on any atom is -0.412 e. The summed E-state index contributed by atoms with van der Waals surface area (Å²) in [5.74, 6) is 6.11. The summed E-state index contributed by atoms with van der Waals surface area (Å²) in [6.07, 6.45) is 2.00. The molecule has 4 rings (SSSR count). The van der Waals surface area contributed by atoms with Crippen LogP contribution in [0.2, 0.25) is 0 Å². The van der Waals surface area contributed by atoms with Crippen molar-refractivity contribution in [2.45, 2.75) is 56.8 Å². The van der Waals surface area contributed by atoms with Gasteiger partial charge in [-0.2, -0.15) is 5.90 Å². The van der Waals surface area contributed by atoms with Gasteiger partial charge in [-0.25, -0.2) is 0 Å². The number of nitrogens with two attached hydrogens (primary N) is 1. The highest BCUT2D eigenvalue weighted by Crippen LogP contribution is 2.63. The molecule has 0 fully saturated rings. The molecule has 4 heteroatoms. The number of nitrogens with zero attached hydrogens (tertiary/aromatic N) is 1. The molecule has 1 spiro atoms. The number of nitroso groups, excluding NO2 is 1. The maximum Gasteiger partial charge on any atom is 0.147 e. The second kappa shape index (κ2) is 4.92. The summed E-state index contributed by atoms with van der Waals surface area (Å²) in [6, 6.07) is 12.0. The van der Waals surface area contributed by atoms with Crippen LogP contribution < -0.4 is 10.7 Å². The van der Waals surface area contributed by atoms with Crippen LogP contribution in [0.4, 0.5) is 5.69 Å². The Morgan fingerprint density at radius 1 is 0.880 bits per heavy atom. The molecule has 0 saturated heterocycles. The van der Waals surface area contributed by atoms with E-state index in [2.05, 4.69) is 51.1 Å². The highest BCUT2D eigenvalue weighted by molar-refractivity contribution is 5.63. The number of hydrogen-bond donors (Lipinski definition) is 1. The molecule has 130 valence electrons. The van der Waals surface area contributed by atoms with Gasteiger partial charge in [0.25, 0.3) is 0 Å². The fraction of sp³-hybridized carbons (Fsp3) is 0.429. The van der Waals surface area contributed by atoms with Crippen molar-refractivity contribution < 1.29 is 4.84 Å². The van der Waals surface area contributed by atoms with E-state index >= 15 is 0 Å². The van der Waals surface area contributed by atoms with E-state index in [1.165, 1.54) is 22.3 Å². The van der Waals surface area contributed by atoms with Crippen molar-refractivity contribution in [2.75, 3.05) is 0 Å². The van der Waals surface area contributed by atoms with Crippen LogP contribution in [0.15, 0.2) is 41.6 Å². The summed E-state index contributed by atoms with van der Waals surface area (Å²) in [5, 5.41) is 3.18. The molecule has 0 bridgehead atoms. The normalized spacial score (nSPS) is 24.8. The smallest absolute Gasteiger partial charge is 0.147 e. The number of fused-ring (bicyclic) bond motifs is 4. The summed E-state index contributed by atoms with van der Waals surface area (Å²) >= 11 is 0. The second-order valence-corrected chi connectivity index (χ2v) is 8.85. The van der Waals surface area contributed by atoms with Gasteiger partial charge >= 0.3 is 0 Å². The molecular weight excluding hydrogens is 312 g/mol. The van der Waals surface area contributed by atoms with Crippen molar-refractivity contribution in [3.8, 4) is 5.75 Å². The zero-order valence-electron chi connectivity index (χ0n) is 15.2. The third-order valence-electron chi connectivity index (χ3n) is 6.21. The van der Waals surface area contributed by atoms with E-state index in [4.69, 9.17) is 10.7 Å². The Labute approximate surface area is 148 Å².